The Hall–Kier alpha value is -2.90. The summed E-state index contributed by atoms with van der Waals surface area (Å²) in [6.45, 7) is 0.619. The average Bonchev–Trinajstić information content (AvgIpc) is 3.13. The van der Waals surface area contributed by atoms with E-state index < -0.39 is 48.1 Å². The number of halogens is 4. The Labute approximate surface area is 170 Å². The van der Waals surface area contributed by atoms with Crippen LogP contribution < -0.4 is 5.32 Å². The van der Waals surface area contributed by atoms with E-state index in [2.05, 4.69) is 5.32 Å². The van der Waals surface area contributed by atoms with Crippen LogP contribution in [0.5, 0.6) is 0 Å². The monoisotopic (exact) mass is 420 g/mol. The van der Waals surface area contributed by atoms with E-state index in [4.69, 9.17) is 0 Å². The van der Waals surface area contributed by atoms with E-state index in [-0.39, 0.29) is 24.1 Å². The van der Waals surface area contributed by atoms with Crippen molar-refractivity contribution in [3.05, 3.63) is 64.7 Å². The van der Waals surface area contributed by atoms with Gasteiger partial charge in [-0.05, 0) is 30.0 Å². The molecule has 0 spiro atoms. The van der Waals surface area contributed by atoms with Gasteiger partial charge in [0.25, 0.3) is 5.91 Å². The van der Waals surface area contributed by atoms with E-state index in [0.717, 1.165) is 17.2 Å². The SMILES string of the molecule is O=C(Nc1cc(C(=O)N2Cc3ccccc3C2)c(F)cc1F)C1CCC(F)(F)CC1. The molecule has 1 aliphatic heterocycles. The molecular weight excluding hydrogens is 400 g/mol. The van der Waals surface area contributed by atoms with Crippen molar-refractivity contribution in [3.8, 4) is 0 Å². The molecule has 30 heavy (non-hydrogen) atoms. The molecule has 0 radical (unpaired) electrons. The highest BCUT2D eigenvalue weighted by Crippen LogP contribution is 2.37. The third-order valence-electron chi connectivity index (χ3n) is 5.76. The van der Waals surface area contributed by atoms with Crippen molar-refractivity contribution >= 4 is 17.5 Å². The third kappa shape index (κ3) is 4.04. The summed E-state index contributed by atoms with van der Waals surface area (Å²) >= 11 is 0. The fourth-order valence-electron chi connectivity index (χ4n) is 3.99. The minimum Gasteiger partial charge on any atom is -0.330 e. The molecule has 4 nitrogen and oxygen atoms in total. The summed E-state index contributed by atoms with van der Waals surface area (Å²) in [6, 6.07) is 8.98. The quantitative estimate of drug-likeness (QED) is 0.720. The lowest BCUT2D eigenvalue weighted by molar-refractivity contribution is -0.124. The second-order valence-corrected chi connectivity index (χ2v) is 7.86. The molecule has 0 saturated heterocycles. The zero-order valence-corrected chi connectivity index (χ0v) is 16.1. The Morgan fingerprint density at radius 2 is 1.57 bits per heavy atom. The number of amides is 2. The standard InChI is InChI=1S/C22H20F4N2O2/c23-17-10-18(24)19(27-20(29)13-5-7-22(25,26)8-6-13)9-16(17)21(30)28-11-14-3-1-2-4-15(14)12-28/h1-4,9-10,13H,5-8,11-12H2,(H,27,29). The second kappa shape index (κ2) is 7.74. The molecule has 8 heteroatoms. The van der Waals surface area contributed by atoms with Crippen LogP contribution in [0.25, 0.3) is 0 Å². The van der Waals surface area contributed by atoms with Crippen LogP contribution in [-0.2, 0) is 17.9 Å². The van der Waals surface area contributed by atoms with Crippen molar-refractivity contribution in [2.24, 2.45) is 5.92 Å². The minimum atomic E-state index is -2.79. The zero-order valence-electron chi connectivity index (χ0n) is 16.1. The van der Waals surface area contributed by atoms with Crippen LogP contribution in [0.4, 0.5) is 23.2 Å². The number of nitrogens with zero attached hydrogens (tertiary/aromatic N) is 1. The van der Waals surface area contributed by atoms with E-state index in [1.165, 1.54) is 4.90 Å². The van der Waals surface area contributed by atoms with Crippen molar-refractivity contribution in [1.29, 1.82) is 0 Å². The van der Waals surface area contributed by atoms with Gasteiger partial charge in [0, 0.05) is 37.9 Å². The van der Waals surface area contributed by atoms with Crippen LogP contribution in [0.15, 0.2) is 36.4 Å². The van der Waals surface area contributed by atoms with Gasteiger partial charge in [-0.25, -0.2) is 17.6 Å². The highest BCUT2D eigenvalue weighted by molar-refractivity contribution is 5.98. The maximum Gasteiger partial charge on any atom is 0.257 e. The predicted octanol–water partition coefficient (Wildman–Crippen LogP) is 4.88. The summed E-state index contributed by atoms with van der Waals surface area (Å²) < 4.78 is 55.2. The Kier molecular flexibility index (Phi) is 5.26. The molecule has 1 heterocycles. The van der Waals surface area contributed by atoms with Gasteiger partial charge >= 0.3 is 0 Å². The highest BCUT2D eigenvalue weighted by Gasteiger charge is 2.37. The van der Waals surface area contributed by atoms with E-state index in [9.17, 15) is 27.2 Å². The number of fused-ring (bicyclic) bond motifs is 1. The molecule has 4 rings (SSSR count). The molecule has 1 fully saturated rings. The van der Waals surface area contributed by atoms with Gasteiger partial charge in [0.1, 0.15) is 11.6 Å². The highest BCUT2D eigenvalue weighted by atomic mass is 19.3. The molecular formula is C22H20F4N2O2. The van der Waals surface area contributed by atoms with Gasteiger partial charge < -0.3 is 10.2 Å². The van der Waals surface area contributed by atoms with Crippen LogP contribution in [-0.4, -0.2) is 22.6 Å². The largest absolute Gasteiger partial charge is 0.330 e. The fraction of sp³-hybridized carbons (Fsp3) is 0.364. The Bertz CT molecular complexity index is 974. The molecule has 158 valence electrons. The van der Waals surface area contributed by atoms with E-state index in [0.29, 0.717) is 19.2 Å². The number of hydrogen-bond donors (Lipinski definition) is 1. The number of nitrogens with one attached hydrogen (secondary N) is 1. The lowest BCUT2D eigenvalue weighted by Crippen LogP contribution is -2.32. The maximum absolute atomic E-state index is 14.4. The lowest BCUT2D eigenvalue weighted by Gasteiger charge is -2.27. The Morgan fingerprint density at radius 1 is 0.967 bits per heavy atom. The molecule has 1 saturated carbocycles. The number of alkyl halides is 2. The summed E-state index contributed by atoms with van der Waals surface area (Å²) in [7, 11) is 0. The first-order valence-electron chi connectivity index (χ1n) is 9.77. The Balaban J connectivity index is 1.50. The summed E-state index contributed by atoms with van der Waals surface area (Å²) in [5, 5.41) is 2.34. The van der Waals surface area contributed by atoms with Crippen LogP contribution in [0.2, 0.25) is 0 Å². The molecule has 0 bridgehead atoms. The normalized spacial score (nSPS) is 18.2. The number of carbonyl (C=O) groups excluding carboxylic acids is 2. The van der Waals surface area contributed by atoms with Crippen LogP contribution >= 0.6 is 0 Å². The first kappa shape index (κ1) is 20.4. The summed E-state index contributed by atoms with van der Waals surface area (Å²) in [5.74, 6) is -6.74. The topological polar surface area (TPSA) is 49.4 Å². The van der Waals surface area contributed by atoms with Crippen molar-refractivity contribution in [1.82, 2.24) is 4.90 Å². The summed E-state index contributed by atoms with van der Waals surface area (Å²) in [4.78, 5) is 26.7. The molecule has 0 atom stereocenters. The molecule has 1 aliphatic carbocycles. The fourth-order valence-corrected chi connectivity index (χ4v) is 3.99. The van der Waals surface area contributed by atoms with E-state index >= 15 is 0 Å². The lowest BCUT2D eigenvalue weighted by atomic mass is 9.86. The number of benzene rings is 2. The number of rotatable bonds is 3. The van der Waals surface area contributed by atoms with Crippen LogP contribution in [0.1, 0.15) is 47.2 Å². The molecule has 1 N–H and O–H groups in total. The first-order valence-corrected chi connectivity index (χ1v) is 9.77. The van der Waals surface area contributed by atoms with E-state index in [1.807, 2.05) is 24.3 Å². The van der Waals surface area contributed by atoms with Gasteiger partial charge in [-0.1, -0.05) is 24.3 Å². The smallest absolute Gasteiger partial charge is 0.257 e. The van der Waals surface area contributed by atoms with Crippen molar-refractivity contribution in [2.75, 3.05) is 5.32 Å². The van der Waals surface area contributed by atoms with Crippen LogP contribution in [0.3, 0.4) is 0 Å². The molecule has 0 aromatic heterocycles. The Morgan fingerprint density at radius 3 is 2.17 bits per heavy atom. The molecule has 0 unspecified atom stereocenters. The minimum absolute atomic E-state index is 0.0144. The third-order valence-corrected chi connectivity index (χ3v) is 5.76. The average molecular weight is 420 g/mol. The van der Waals surface area contributed by atoms with Crippen LogP contribution in [0, 0.1) is 17.6 Å². The van der Waals surface area contributed by atoms with Gasteiger partial charge in [0.2, 0.25) is 11.8 Å². The predicted molar refractivity (Wildman–Crippen MR) is 102 cm³/mol. The van der Waals surface area contributed by atoms with Gasteiger partial charge in [-0.3, -0.25) is 9.59 Å². The summed E-state index contributed by atoms with van der Waals surface area (Å²) in [6.07, 6.45) is -0.842. The van der Waals surface area contributed by atoms with E-state index in [1.54, 1.807) is 0 Å². The zero-order chi connectivity index (χ0) is 21.5. The molecule has 2 aromatic rings. The van der Waals surface area contributed by atoms with Gasteiger partial charge in [0.05, 0.1) is 11.3 Å². The van der Waals surface area contributed by atoms with Gasteiger partial charge in [-0.15, -0.1) is 0 Å². The van der Waals surface area contributed by atoms with Crippen molar-refractivity contribution < 1.29 is 27.2 Å². The number of carbonyl (C=O) groups is 2. The molecule has 2 amide bonds. The van der Waals surface area contributed by atoms with Crippen molar-refractivity contribution in [2.45, 2.75) is 44.7 Å². The first-order chi connectivity index (χ1) is 14.2. The summed E-state index contributed by atoms with van der Waals surface area (Å²) in [5.41, 5.74) is 1.22. The molecule has 2 aliphatic rings. The van der Waals surface area contributed by atoms with Gasteiger partial charge in [0.15, 0.2) is 0 Å². The number of hydrogen-bond acceptors (Lipinski definition) is 2. The molecule has 2 aromatic carbocycles. The number of anilines is 1. The van der Waals surface area contributed by atoms with Crippen molar-refractivity contribution in [3.63, 3.8) is 0 Å². The maximum atomic E-state index is 14.4. The second-order valence-electron chi connectivity index (χ2n) is 7.86. The van der Waals surface area contributed by atoms with Gasteiger partial charge in [-0.2, -0.15) is 0 Å².